The molecular weight excluding hydrogens is 180 g/mol. The minimum absolute atomic E-state index is 0.796. The highest BCUT2D eigenvalue weighted by Crippen LogP contribution is 2.11. The zero-order valence-corrected chi connectivity index (χ0v) is 7.92. The molecule has 66 valence electrons. The van der Waals surface area contributed by atoms with E-state index in [4.69, 9.17) is 12.2 Å². The van der Waals surface area contributed by atoms with Gasteiger partial charge in [-0.3, -0.25) is 0 Å². The summed E-state index contributed by atoms with van der Waals surface area (Å²) in [4.78, 5) is 0. The molecule has 0 saturated heterocycles. The van der Waals surface area contributed by atoms with E-state index >= 15 is 0 Å². The van der Waals surface area contributed by atoms with Gasteiger partial charge in [0.1, 0.15) is 0 Å². The van der Waals surface area contributed by atoms with Crippen molar-refractivity contribution >= 4 is 23.2 Å². The average molecular weight is 190 g/mol. The van der Waals surface area contributed by atoms with Crippen LogP contribution in [-0.4, -0.2) is 9.89 Å². The van der Waals surface area contributed by atoms with Gasteiger partial charge in [0.25, 0.3) is 0 Å². The number of nitrogens with one attached hydrogen (secondary N) is 1. The van der Waals surface area contributed by atoms with Crippen molar-refractivity contribution in [3.63, 3.8) is 0 Å². The molecule has 0 amide bonds. The molecule has 2 heterocycles. The highest BCUT2D eigenvalue weighted by molar-refractivity contribution is 7.78. The topological polar surface area (TPSA) is 16.4 Å². The van der Waals surface area contributed by atoms with Crippen LogP contribution in [0.3, 0.4) is 0 Å². The third-order valence-electron chi connectivity index (χ3n) is 2.03. The second-order valence-electron chi connectivity index (χ2n) is 2.83. The van der Waals surface area contributed by atoms with Crippen molar-refractivity contribution < 1.29 is 0 Å². The summed E-state index contributed by atoms with van der Waals surface area (Å²) in [7, 11) is 0. The molecule has 1 N–H and O–H groups in total. The lowest BCUT2D eigenvalue weighted by atomic mass is 10.2. The lowest BCUT2D eigenvalue weighted by molar-refractivity contribution is 0.954. The molecule has 0 saturated carbocycles. The van der Waals surface area contributed by atoms with Crippen molar-refractivity contribution in [1.82, 2.24) is 9.72 Å². The zero-order chi connectivity index (χ0) is 9.10. The second kappa shape index (κ2) is 3.58. The van der Waals surface area contributed by atoms with E-state index in [1.165, 1.54) is 11.1 Å². The molecule has 0 aliphatic carbocycles. The van der Waals surface area contributed by atoms with Crippen molar-refractivity contribution in [2.45, 2.75) is 6.54 Å². The van der Waals surface area contributed by atoms with Crippen LogP contribution in [0.25, 0.3) is 5.52 Å². The third kappa shape index (κ3) is 1.55. The summed E-state index contributed by atoms with van der Waals surface area (Å²) < 4.78 is 2.10. The fourth-order valence-electron chi connectivity index (χ4n) is 1.42. The van der Waals surface area contributed by atoms with Gasteiger partial charge in [-0.05, 0) is 23.8 Å². The second-order valence-corrected chi connectivity index (χ2v) is 3.07. The number of hydrogen-bond acceptors (Lipinski definition) is 1. The monoisotopic (exact) mass is 190 g/mol. The van der Waals surface area contributed by atoms with Crippen molar-refractivity contribution in [2.75, 3.05) is 0 Å². The first-order chi connectivity index (χ1) is 6.42. The van der Waals surface area contributed by atoms with Crippen LogP contribution in [0.5, 0.6) is 0 Å². The van der Waals surface area contributed by atoms with Gasteiger partial charge in [-0.1, -0.05) is 18.3 Å². The van der Waals surface area contributed by atoms with Gasteiger partial charge >= 0.3 is 0 Å². The molecule has 2 rings (SSSR count). The third-order valence-corrected chi connectivity index (χ3v) is 2.20. The fourth-order valence-corrected chi connectivity index (χ4v) is 1.50. The molecule has 13 heavy (non-hydrogen) atoms. The Labute approximate surface area is 82.2 Å². The number of thiocarbonyl (C=S) groups is 1. The van der Waals surface area contributed by atoms with Crippen LogP contribution in [0.1, 0.15) is 5.56 Å². The van der Waals surface area contributed by atoms with Crippen LogP contribution in [0.15, 0.2) is 36.7 Å². The van der Waals surface area contributed by atoms with Crippen molar-refractivity contribution in [2.24, 2.45) is 0 Å². The first kappa shape index (κ1) is 8.26. The summed E-state index contributed by atoms with van der Waals surface area (Å²) in [6.45, 7) is 0.796. The van der Waals surface area contributed by atoms with E-state index in [0.717, 1.165) is 6.54 Å². The van der Waals surface area contributed by atoms with E-state index in [1.54, 1.807) is 5.49 Å². The average Bonchev–Trinajstić information content (AvgIpc) is 2.58. The molecule has 0 unspecified atom stereocenters. The van der Waals surface area contributed by atoms with Gasteiger partial charge < -0.3 is 9.72 Å². The van der Waals surface area contributed by atoms with Crippen molar-refractivity contribution in [3.05, 3.63) is 42.2 Å². The van der Waals surface area contributed by atoms with Gasteiger partial charge in [0.15, 0.2) is 0 Å². The molecule has 2 aromatic heterocycles. The van der Waals surface area contributed by atoms with Crippen LogP contribution >= 0.6 is 12.2 Å². The van der Waals surface area contributed by atoms with Gasteiger partial charge in [-0.25, -0.2) is 0 Å². The lowest BCUT2D eigenvalue weighted by Crippen LogP contribution is -2.07. The summed E-state index contributed by atoms with van der Waals surface area (Å²) in [6.07, 6.45) is 4.09. The Morgan fingerprint density at radius 1 is 1.31 bits per heavy atom. The molecule has 0 bridgehead atoms. The van der Waals surface area contributed by atoms with E-state index in [9.17, 15) is 0 Å². The predicted molar refractivity (Wildman–Crippen MR) is 57.9 cm³/mol. The minimum Gasteiger partial charge on any atom is -0.378 e. The number of hydrogen-bond donors (Lipinski definition) is 1. The van der Waals surface area contributed by atoms with E-state index in [2.05, 4.69) is 28.0 Å². The lowest BCUT2D eigenvalue weighted by Gasteiger charge is -1.98. The highest BCUT2D eigenvalue weighted by Gasteiger charge is 1.98. The number of fused-ring (bicyclic) bond motifs is 1. The Kier molecular flexibility index (Phi) is 2.27. The molecule has 0 aliphatic rings. The number of rotatable bonds is 3. The maximum Gasteiger partial charge on any atom is 0.0617 e. The Balaban J connectivity index is 2.40. The molecular formula is C10H10N2S. The largest absolute Gasteiger partial charge is 0.378 e. The van der Waals surface area contributed by atoms with Crippen LogP contribution in [0, 0.1) is 0 Å². The van der Waals surface area contributed by atoms with Gasteiger partial charge in [0, 0.05) is 24.5 Å². The van der Waals surface area contributed by atoms with E-state index in [0.29, 0.717) is 0 Å². The quantitative estimate of drug-likeness (QED) is 0.745. The summed E-state index contributed by atoms with van der Waals surface area (Å²) in [5.41, 5.74) is 4.04. The molecule has 0 aromatic carbocycles. The Morgan fingerprint density at radius 3 is 3.08 bits per heavy atom. The Bertz CT molecular complexity index is 420. The van der Waals surface area contributed by atoms with E-state index < -0.39 is 0 Å². The Morgan fingerprint density at radius 2 is 2.23 bits per heavy atom. The molecule has 3 heteroatoms. The fraction of sp³-hybridized carbons (Fsp3) is 0.100. The zero-order valence-electron chi connectivity index (χ0n) is 7.10. The molecule has 0 atom stereocenters. The van der Waals surface area contributed by atoms with Crippen molar-refractivity contribution in [3.8, 4) is 0 Å². The molecule has 0 spiro atoms. The number of nitrogens with zero attached hydrogens (tertiary/aromatic N) is 1. The van der Waals surface area contributed by atoms with E-state index in [-0.39, 0.29) is 0 Å². The first-order valence-electron chi connectivity index (χ1n) is 4.13. The summed E-state index contributed by atoms with van der Waals surface area (Å²) in [5.74, 6) is 0. The number of aromatic nitrogens is 1. The minimum atomic E-state index is 0.796. The van der Waals surface area contributed by atoms with Crippen LogP contribution in [0.4, 0.5) is 0 Å². The van der Waals surface area contributed by atoms with Crippen molar-refractivity contribution in [1.29, 1.82) is 0 Å². The van der Waals surface area contributed by atoms with Crippen LogP contribution < -0.4 is 5.32 Å². The van der Waals surface area contributed by atoms with Gasteiger partial charge in [0.05, 0.1) is 5.49 Å². The molecule has 2 nitrogen and oxygen atoms in total. The summed E-state index contributed by atoms with van der Waals surface area (Å²) in [6, 6.07) is 8.25. The van der Waals surface area contributed by atoms with Crippen LogP contribution in [-0.2, 0) is 6.54 Å². The highest BCUT2D eigenvalue weighted by atomic mass is 32.1. The van der Waals surface area contributed by atoms with Gasteiger partial charge in [0.2, 0.25) is 0 Å². The SMILES string of the molecule is S=CNCc1ccn2ccccc12. The normalized spacial score (nSPS) is 10.2. The van der Waals surface area contributed by atoms with Crippen LogP contribution in [0.2, 0.25) is 0 Å². The molecule has 2 aromatic rings. The summed E-state index contributed by atoms with van der Waals surface area (Å²) in [5, 5.41) is 3.02. The molecule has 0 radical (unpaired) electrons. The molecule has 0 aliphatic heterocycles. The predicted octanol–water partition coefficient (Wildman–Crippen LogP) is 1.99. The smallest absolute Gasteiger partial charge is 0.0617 e. The van der Waals surface area contributed by atoms with Gasteiger partial charge in [-0.2, -0.15) is 0 Å². The van der Waals surface area contributed by atoms with E-state index in [1.807, 2.05) is 18.3 Å². The standard InChI is InChI=1S/C10H10N2S/c13-8-11-7-9-4-6-12-5-2-1-3-10(9)12/h1-6,8H,7H2,(H,11,13). The summed E-state index contributed by atoms with van der Waals surface area (Å²) >= 11 is 4.70. The maximum atomic E-state index is 4.70. The first-order valence-corrected chi connectivity index (χ1v) is 4.60. The van der Waals surface area contributed by atoms with Gasteiger partial charge in [-0.15, -0.1) is 0 Å². The molecule has 0 fully saturated rings. The number of pyridine rings is 1. The maximum absolute atomic E-state index is 4.70. The Hall–Kier alpha value is -1.35.